The number of aliphatic carboxylic acids is 1. The van der Waals surface area contributed by atoms with Crippen molar-refractivity contribution in [3.63, 3.8) is 0 Å². The minimum Gasteiger partial charge on any atom is -0.481 e. The van der Waals surface area contributed by atoms with Gasteiger partial charge in [-0.2, -0.15) is 5.26 Å². The Labute approximate surface area is 99.3 Å². The molecule has 0 saturated carbocycles. The molecule has 2 rings (SSSR count). The quantitative estimate of drug-likeness (QED) is 0.829. The van der Waals surface area contributed by atoms with Crippen LogP contribution in [0.2, 0.25) is 0 Å². The summed E-state index contributed by atoms with van der Waals surface area (Å²) >= 11 is 0. The third kappa shape index (κ3) is 2.53. The third-order valence-corrected chi connectivity index (χ3v) is 3.02. The molecule has 1 aromatic heterocycles. The van der Waals surface area contributed by atoms with Crippen LogP contribution >= 0.6 is 0 Å². The van der Waals surface area contributed by atoms with E-state index >= 15 is 0 Å². The van der Waals surface area contributed by atoms with Crippen LogP contribution in [0.15, 0.2) is 18.2 Å². The maximum absolute atomic E-state index is 10.8. The number of nitriles is 1. The summed E-state index contributed by atoms with van der Waals surface area (Å²) < 4.78 is 0. The van der Waals surface area contributed by atoms with Gasteiger partial charge in [-0.3, -0.25) is 4.79 Å². The predicted octanol–water partition coefficient (Wildman–Crippen LogP) is 1.25. The van der Waals surface area contributed by atoms with Gasteiger partial charge < -0.3 is 10.0 Å². The van der Waals surface area contributed by atoms with Crippen LogP contribution < -0.4 is 4.90 Å². The monoisotopic (exact) mass is 231 g/mol. The molecular formula is C12H13N3O2. The number of carbonyl (C=O) groups is 1. The van der Waals surface area contributed by atoms with E-state index in [4.69, 9.17) is 10.4 Å². The molecule has 0 amide bonds. The fraction of sp³-hybridized carbons (Fsp3) is 0.417. The van der Waals surface area contributed by atoms with E-state index < -0.39 is 5.97 Å². The molecule has 1 aliphatic heterocycles. The Morgan fingerprint density at radius 1 is 1.47 bits per heavy atom. The molecule has 2 heterocycles. The third-order valence-electron chi connectivity index (χ3n) is 3.02. The summed E-state index contributed by atoms with van der Waals surface area (Å²) in [5.41, 5.74) is 0.392. The van der Waals surface area contributed by atoms with E-state index in [1.807, 2.05) is 17.0 Å². The molecular weight excluding hydrogens is 218 g/mol. The Morgan fingerprint density at radius 3 is 2.76 bits per heavy atom. The average Bonchev–Trinajstić information content (AvgIpc) is 2.39. The van der Waals surface area contributed by atoms with Crippen molar-refractivity contribution in [2.24, 2.45) is 5.92 Å². The Hall–Kier alpha value is -2.09. The van der Waals surface area contributed by atoms with E-state index in [0.717, 1.165) is 5.82 Å². The van der Waals surface area contributed by atoms with Crippen molar-refractivity contribution in [2.45, 2.75) is 12.8 Å². The zero-order valence-corrected chi connectivity index (χ0v) is 9.33. The minimum atomic E-state index is -0.719. The van der Waals surface area contributed by atoms with Gasteiger partial charge in [0.15, 0.2) is 0 Å². The summed E-state index contributed by atoms with van der Waals surface area (Å²) in [7, 11) is 0. The van der Waals surface area contributed by atoms with Crippen LogP contribution in [0.1, 0.15) is 18.5 Å². The van der Waals surface area contributed by atoms with Gasteiger partial charge in [0, 0.05) is 13.1 Å². The van der Waals surface area contributed by atoms with Gasteiger partial charge in [-0.25, -0.2) is 4.98 Å². The first kappa shape index (κ1) is 11.4. The van der Waals surface area contributed by atoms with Crippen LogP contribution in [0.3, 0.4) is 0 Å². The molecule has 5 nitrogen and oxygen atoms in total. The molecule has 0 radical (unpaired) electrons. The highest BCUT2D eigenvalue weighted by Gasteiger charge is 2.24. The average molecular weight is 231 g/mol. The molecule has 1 N–H and O–H groups in total. The number of aromatic nitrogens is 1. The van der Waals surface area contributed by atoms with Gasteiger partial charge in [0.2, 0.25) is 0 Å². The molecule has 5 heteroatoms. The first-order valence-corrected chi connectivity index (χ1v) is 5.55. The van der Waals surface area contributed by atoms with Crippen LogP contribution in [0, 0.1) is 17.2 Å². The maximum atomic E-state index is 10.8. The highest BCUT2D eigenvalue weighted by Crippen LogP contribution is 2.21. The molecule has 0 unspecified atom stereocenters. The summed E-state index contributed by atoms with van der Waals surface area (Å²) in [5.74, 6) is -0.207. The molecule has 88 valence electrons. The molecule has 1 aliphatic rings. The van der Waals surface area contributed by atoms with Gasteiger partial charge in [-0.15, -0.1) is 0 Å². The van der Waals surface area contributed by atoms with Crippen LogP contribution in [0.25, 0.3) is 0 Å². The van der Waals surface area contributed by atoms with Gasteiger partial charge in [-0.05, 0) is 25.0 Å². The van der Waals surface area contributed by atoms with E-state index in [0.29, 0.717) is 31.6 Å². The largest absolute Gasteiger partial charge is 0.481 e. The van der Waals surface area contributed by atoms with Crippen LogP contribution in [-0.4, -0.2) is 29.1 Å². The number of nitrogens with zero attached hydrogens (tertiary/aromatic N) is 3. The Kier molecular flexibility index (Phi) is 3.24. The van der Waals surface area contributed by atoms with Gasteiger partial charge in [0.05, 0.1) is 5.92 Å². The van der Waals surface area contributed by atoms with Crippen molar-refractivity contribution < 1.29 is 9.90 Å². The lowest BCUT2D eigenvalue weighted by Gasteiger charge is -2.30. The second-order valence-electron chi connectivity index (χ2n) is 4.09. The van der Waals surface area contributed by atoms with Crippen molar-refractivity contribution in [1.29, 1.82) is 5.26 Å². The highest BCUT2D eigenvalue weighted by atomic mass is 16.4. The number of rotatable bonds is 2. The highest BCUT2D eigenvalue weighted by molar-refractivity contribution is 5.70. The number of anilines is 1. The number of carboxylic acid groups (broad SMARTS) is 1. The van der Waals surface area contributed by atoms with Crippen molar-refractivity contribution >= 4 is 11.8 Å². The van der Waals surface area contributed by atoms with Gasteiger partial charge in [-0.1, -0.05) is 6.07 Å². The first-order valence-electron chi connectivity index (χ1n) is 5.55. The predicted molar refractivity (Wildman–Crippen MR) is 61.5 cm³/mol. The standard InChI is InChI=1S/C12H13N3O2/c13-8-10-2-1-3-11(14-10)15-6-4-9(5-7-15)12(16)17/h1-3,9H,4-7H2,(H,16,17). The lowest BCUT2D eigenvalue weighted by molar-refractivity contribution is -0.142. The van der Waals surface area contributed by atoms with Crippen molar-refractivity contribution in [3.05, 3.63) is 23.9 Å². The number of pyridine rings is 1. The van der Waals surface area contributed by atoms with E-state index in [2.05, 4.69) is 4.98 Å². The Bertz CT molecular complexity index is 459. The second kappa shape index (κ2) is 4.83. The number of piperidine rings is 1. The summed E-state index contributed by atoms with van der Waals surface area (Å²) in [5, 5.41) is 17.7. The van der Waals surface area contributed by atoms with Crippen LogP contribution in [0.4, 0.5) is 5.82 Å². The normalized spacial score (nSPS) is 16.5. The van der Waals surface area contributed by atoms with Crippen LogP contribution in [0.5, 0.6) is 0 Å². The smallest absolute Gasteiger partial charge is 0.306 e. The second-order valence-corrected chi connectivity index (χ2v) is 4.09. The lowest BCUT2D eigenvalue weighted by Crippen LogP contribution is -2.36. The molecule has 0 aromatic carbocycles. The SMILES string of the molecule is N#Cc1cccc(N2CCC(C(=O)O)CC2)n1. The van der Waals surface area contributed by atoms with Crippen molar-refractivity contribution in [2.75, 3.05) is 18.0 Å². The van der Waals surface area contributed by atoms with Crippen molar-refractivity contribution in [1.82, 2.24) is 4.98 Å². The van der Waals surface area contributed by atoms with Gasteiger partial charge in [0.25, 0.3) is 0 Å². The number of hydrogen-bond acceptors (Lipinski definition) is 4. The van der Waals surface area contributed by atoms with Crippen molar-refractivity contribution in [3.8, 4) is 6.07 Å². The minimum absolute atomic E-state index is 0.245. The molecule has 0 aliphatic carbocycles. The number of carboxylic acids is 1. The van der Waals surface area contributed by atoms with E-state index in [9.17, 15) is 4.79 Å². The summed E-state index contributed by atoms with van der Waals surface area (Å²) in [6.45, 7) is 1.36. The topological polar surface area (TPSA) is 77.2 Å². The molecule has 17 heavy (non-hydrogen) atoms. The zero-order chi connectivity index (χ0) is 12.3. The Balaban J connectivity index is 2.05. The fourth-order valence-electron chi connectivity index (χ4n) is 2.02. The van der Waals surface area contributed by atoms with E-state index in [-0.39, 0.29) is 5.92 Å². The molecule has 1 aromatic rings. The first-order chi connectivity index (χ1) is 8.20. The molecule has 1 saturated heterocycles. The molecule has 1 fully saturated rings. The van der Waals surface area contributed by atoms with Gasteiger partial charge >= 0.3 is 5.97 Å². The molecule has 0 bridgehead atoms. The van der Waals surface area contributed by atoms with Crippen LogP contribution in [-0.2, 0) is 4.79 Å². The van der Waals surface area contributed by atoms with E-state index in [1.165, 1.54) is 0 Å². The Morgan fingerprint density at radius 2 is 2.18 bits per heavy atom. The van der Waals surface area contributed by atoms with Gasteiger partial charge in [0.1, 0.15) is 17.6 Å². The fourth-order valence-corrected chi connectivity index (χ4v) is 2.02. The molecule has 0 spiro atoms. The van der Waals surface area contributed by atoms with E-state index in [1.54, 1.807) is 12.1 Å². The maximum Gasteiger partial charge on any atom is 0.306 e. The number of hydrogen-bond donors (Lipinski definition) is 1. The summed E-state index contributed by atoms with van der Waals surface area (Å²) in [6, 6.07) is 7.31. The zero-order valence-electron chi connectivity index (χ0n) is 9.33. The lowest BCUT2D eigenvalue weighted by atomic mass is 9.97. The summed E-state index contributed by atoms with van der Waals surface area (Å²) in [6.07, 6.45) is 1.27. The molecule has 0 atom stereocenters. The summed E-state index contributed by atoms with van der Waals surface area (Å²) in [4.78, 5) is 17.1.